The highest BCUT2D eigenvalue weighted by atomic mass is 16.7. The fourth-order valence-corrected chi connectivity index (χ4v) is 2.56. The first-order valence-corrected chi connectivity index (χ1v) is 6.91. The van der Waals surface area contributed by atoms with Crippen LogP contribution in [-0.2, 0) is 0 Å². The van der Waals surface area contributed by atoms with Crippen LogP contribution in [0.4, 0.5) is 0 Å². The van der Waals surface area contributed by atoms with Crippen LogP contribution < -0.4 is 18.9 Å². The van der Waals surface area contributed by atoms with E-state index in [2.05, 4.69) is 6.58 Å². The number of methoxy groups -OCH3 is 1. The standard InChI is InChI=1S/C18H14O4/c1-11-7-16(12-3-6-15-18(8-12)21-10-20-15)22-17-9-13(19-2)4-5-14(11)17/h3-9H,1,10H2,2H3. The minimum Gasteiger partial charge on any atom is -0.497 e. The SMILES string of the molecule is C=C1C=C(c2ccc3c(c2)OCO3)Oc2cc(OC)ccc21. The molecule has 0 saturated carbocycles. The Morgan fingerprint density at radius 2 is 1.86 bits per heavy atom. The first kappa shape index (κ1) is 12.8. The normalized spacial score (nSPS) is 15.0. The second-order valence-electron chi connectivity index (χ2n) is 5.07. The van der Waals surface area contributed by atoms with Crippen molar-refractivity contribution in [2.75, 3.05) is 13.9 Å². The Bertz CT molecular complexity index is 805. The lowest BCUT2D eigenvalue weighted by molar-refractivity contribution is 0.174. The summed E-state index contributed by atoms with van der Waals surface area (Å²) in [6.07, 6.45) is 1.92. The summed E-state index contributed by atoms with van der Waals surface area (Å²) in [7, 11) is 1.63. The number of hydrogen-bond donors (Lipinski definition) is 0. The highest BCUT2D eigenvalue weighted by Crippen LogP contribution is 2.40. The van der Waals surface area contributed by atoms with Crippen LogP contribution in [0, 0.1) is 0 Å². The van der Waals surface area contributed by atoms with Crippen molar-refractivity contribution in [2.24, 2.45) is 0 Å². The molecule has 110 valence electrons. The van der Waals surface area contributed by atoms with Gasteiger partial charge < -0.3 is 18.9 Å². The van der Waals surface area contributed by atoms with Gasteiger partial charge in [-0.15, -0.1) is 0 Å². The number of hydrogen-bond acceptors (Lipinski definition) is 4. The van der Waals surface area contributed by atoms with E-state index in [1.807, 2.05) is 42.5 Å². The number of rotatable bonds is 2. The number of benzene rings is 2. The van der Waals surface area contributed by atoms with Gasteiger partial charge in [0.2, 0.25) is 6.79 Å². The fraction of sp³-hybridized carbons (Fsp3) is 0.111. The average molecular weight is 294 g/mol. The lowest BCUT2D eigenvalue weighted by Gasteiger charge is -2.20. The molecule has 0 aromatic heterocycles. The van der Waals surface area contributed by atoms with Gasteiger partial charge in [-0.05, 0) is 42.0 Å². The molecule has 2 aromatic carbocycles. The van der Waals surface area contributed by atoms with Crippen LogP contribution in [0.2, 0.25) is 0 Å². The molecule has 0 fully saturated rings. The monoisotopic (exact) mass is 294 g/mol. The molecule has 4 nitrogen and oxygen atoms in total. The van der Waals surface area contributed by atoms with Crippen LogP contribution in [0.5, 0.6) is 23.0 Å². The molecule has 0 aliphatic carbocycles. The number of allylic oxidation sites excluding steroid dienone is 2. The zero-order valence-corrected chi connectivity index (χ0v) is 12.1. The summed E-state index contributed by atoms with van der Waals surface area (Å²) < 4.78 is 22.0. The molecule has 0 unspecified atom stereocenters. The van der Waals surface area contributed by atoms with Crippen molar-refractivity contribution in [3.63, 3.8) is 0 Å². The maximum atomic E-state index is 6.01. The first-order chi connectivity index (χ1) is 10.7. The van der Waals surface area contributed by atoms with Gasteiger partial charge in [-0.3, -0.25) is 0 Å². The van der Waals surface area contributed by atoms with E-state index in [0.717, 1.165) is 45.5 Å². The van der Waals surface area contributed by atoms with Gasteiger partial charge in [-0.25, -0.2) is 0 Å². The third-order valence-electron chi connectivity index (χ3n) is 3.72. The van der Waals surface area contributed by atoms with Crippen molar-refractivity contribution in [3.05, 3.63) is 60.2 Å². The zero-order valence-electron chi connectivity index (χ0n) is 12.1. The van der Waals surface area contributed by atoms with E-state index in [9.17, 15) is 0 Å². The van der Waals surface area contributed by atoms with Crippen molar-refractivity contribution in [3.8, 4) is 23.0 Å². The van der Waals surface area contributed by atoms with Crippen molar-refractivity contribution in [2.45, 2.75) is 0 Å². The minimum atomic E-state index is 0.255. The third-order valence-corrected chi connectivity index (χ3v) is 3.72. The summed E-state index contributed by atoms with van der Waals surface area (Å²) in [6.45, 7) is 4.36. The largest absolute Gasteiger partial charge is 0.497 e. The van der Waals surface area contributed by atoms with Crippen LogP contribution in [0.15, 0.2) is 49.1 Å². The molecule has 0 radical (unpaired) electrons. The van der Waals surface area contributed by atoms with Crippen LogP contribution >= 0.6 is 0 Å². The van der Waals surface area contributed by atoms with Gasteiger partial charge in [0.15, 0.2) is 11.5 Å². The molecule has 4 heteroatoms. The summed E-state index contributed by atoms with van der Waals surface area (Å²) in [5.41, 5.74) is 2.78. The van der Waals surface area contributed by atoms with E-state index in [1.165, 1.54) is 0 Å². The molecule has 0 amide bonds. The molecule has 0 bridgehead atoms. The molecular weight excluding hydrogens is 280 g/mol. The Labute approximate surface area is 128 Å². The molecule has 2 aliphatic rings. The minimum absolute atomic E-state index is 0.255. The first-order valence-electron chi connectivity index (χ1n) is 6.91. The fourth-order valence-electron chi connectivity index (χ4n) is 2.56. The Morgan fingerprint density at radius 3 is 2.73 bits per heavy atom. The third kappa shape index (κ3) is 2.00. The molecule has 22 heavy (non-hydrogen) atoms. The predicted octanol–water partition coefficient (Wildman–Crippen LogP) is 3.87. The molecular formula is C18H14O4. The molecule has 0 N–H and O–H groups in total. The Hall–Kier alpha value is -2.88. The Kier molecular flexibility index (Phi) is 2.82. The molecule has 4 rings (SSSR count). The maximum absolute atomic E-state index is 6.01. The van der Waals surface area contributed by atoms with Gasteiger partial charge in [0.25, 0.3) is 0 Å². The summed E-state index contributed by atoms with van der Waals surface area (Å²) in [4.78, 5) is 0. The van der Waals surface area contributed by atoms with Crippen LogP contribution in [0.1, 0.15) is 11.1 Å². The summed E-state index contributed by atoms with van der Waals surface area (Å²) in [6, 6.07) is 11.4. The second-order valence-corrected chi connectivity index (χ2v) is 5.07. The van der Waals surface area contributed by atoms with E-state index in [1.54, 1.807) is 7.11 Å². The van der Waals surface area contributed by atoms with E-state index in [4.69, 9.17) is 18.9 Å². The van der Waals surface area contributed by atoms with E-state index >= 15 is 0 Å². The lowest BCUT2D eigenvalue weighted by atomic mass is 10.0. The molecule has 0 spiro atoms. The van der Waals surface area contributed by atoms with E-state index in [-0.39, 0.29) is 6.79 Å². The average Bonchev–Trinajstić information content (AvgIpc) is 3.01. The molecule has 0 atom stereocenters. The van der Waals surface area contributed by atoms with Gasteiger partial charge in [-0.1, -0.05) is 6.58 Å². The Morgan fingerprint density at radius 1 is 1.00 bits per heavy atom. The van der Waals surface area contributed by atoms with Crippen molar-refractivity contribution in [1.29, 1.82) is 0 Å². The lowest BCUT2D eigenvalue weighted by Crippen LogP contribution is -2.03. The van der Waals surface area contributed by atoms with Crippen LogP contribution in [0.25, 0.3) is 11.3 Å². The highest BCUT2D eigenvalue weighted by Gasteiger charge is 2.20. The maximum Gasteiger partial charge on any atom is 0.231 e. The number of fused-ring (bicyclic) bond motifs is 2. The summed E-state index contributed by atoms with van der Waals surface area (Å²) in [5, 5.41) is 0. The van der Waals surface area contributed by atoms with Crippen molar-refractivity contribution < 1.29 is 18.9 Å². The van der Waals surface area contributed by atoms with Gasteiger partial charge in [0, 0.05) is 17.2 Å². The van der Waals surface area contributed by atoms with Crippen molar-refractivity contribution >= 4 is 11.3 Å². The molecule has 0 saturated heterocycles. The quantitative estimate of drug-likeness (QED) is 0.842. The van der Waals surface area contributed by atoms with Gasteiger partial charge >= 0.3 is 0 Å². The van der Waals surface area contributed by atoms with E-state index in [0.29, 0.717) is 0 Å². The molecule has 2 aromatic rings. The van der Waals surface area contributed by atoms with Gasteiger partial charge in [0.1, 0.15) is 17.3 Å². The van der Waals surface area contributed by atoms with Gasteiger partial charge in [-0.2, -0.15) is 0 Å². The summed E-state index contributed by atoms with van der Waals surface area (Å²) >= 11 is 0. The smallest absolute Gasteiger partial charge is 0.231 e. The predicted molar refractivity (Wildman–Crippen MR) is 83.2 cm³/mol. The zero-order chi connectivity index (χ0) is 15.1. The summed E-state index contributed by atoms with van der Waals surface area (Å²) in [5.74, 6) is 3.69. The van der Waals surface area contributed by atoms with Crippen LogP contribution in [-0.4, -0.2) is 13.9 Å². The van der Waals surface area contributed by atoms with Crippen LogP contribution in [0.3, 0.4) is 0 Å². The molecule has 2 heterocycles. The van der Waals surface area contributed by atoms with Gasteiger partial charge in [0.05, 0.1) is 7.11 Å². The number of ether oxygens (including phenoxy) is 4. The van der Waals surface area contributed by atoms with E-state index < -0.39 is 0 Å². The Balaban J connectivity index is 1.73. The van der Waals surface area contributed by atoms with Crippen molar-refractivity contribution in [1.82, 2.24) is 0 Å². The molecule has 2 aliphatic heterocycles. The topological polar surface area (TPSA) is 36.9 Å². The second kappa shape index (κ2) is 4.84. The highest BCUT2D eigenvalue weighted by molar-refractivity contribution is 5.87.